The van der Waals surface area contributed by atoms with Gasteiger partial charge in [0, 0.05) is 17.8 Å². The minimum atomic E-state index is -1.02. The fourth-order valence-electron chi connectivity index (χ4n) is 1.85. The lowest BCUT2D eigenvalue weighted by Gasteiger charge is -2.19. The van der Waals surface area contributed by atoms with E-state index in [1.165, 1.54) is 6.20 Å². The van der Waals surface area contributed by atoms with Crippen LogP contribution < -0.4 is 5.32 Å². The zero-order valence-corrected chi connectivity index (χ0v) is 13.7. The van der Waals surface area contributed by atoms with Crippen LogP contribution in [0, 0.1) is 5.41 Å². The maximum Gasteiger partial charge on any atom is 0.310 e. The molecule has 6 nitrogen and oxygen atoms in total. The topological polar surface area (TPSA) is 84.2 Å². The number of carboxylic acid groups (broad SMARTS) is 1. The predicted molar refractivity (Wildman–Crippen MR) is 86.5 cm³/mol. The van der Waals surface area contributed by atoms with Gasteiger partial charge in [-0.1, -0.05) is 29.8 Å². The molecule has 0 radical (unpaired) electrons. The number of nitrogens with zero attached hydrogens (tertiary/aromatic N) is 2. The van der Waals surface area contributed by atoms with Crippen molar-refractivity contribution in [3.8, 4) is 0 Å². The van der Waals surface area contributed by atoms with Crippen molar-refractivity contribution in [2.24, 2.45) is 5.41 Å². The number of amides is 1. The van der Waals surface area contributed by atoms with Crippen LogP contribution in [0.5, 0.6) is 0 Å². The monoisotopic (exact) mass is 335 g/mol. The summed E-state index contributed by atoms with van der Waals surface area (Å²) < 4.78 is 1.61. The summed E-state index contributed by atoms with van der Waals surface area (Å²) in [5, 5.41) is 16.4. The molecule has 0 saturated carbocycles. The third-order valence-corrected chi connectivity index (χ3v) is 3.82. The van der Waals surface area contributed by atoms with Gasteiger partial charge in [0.1, 0.15) is 0 Å². The number of carbonyl (C=O) groups is 2. The van der Waals surface area contributed by atoms with E-state index in [-0.39, 0.29) is 12.5 Å². The predicted octanol–water partition coefficient (Wildman–Crippen LogP) is 2.43. The molecule has 23 heavy (non-hydrogen) atoms. The van der Waals surface area contributed by atoms with Gasteiger partial charge in [0.05, 0.1) is 23.7 Å². The van der Waals surface area contributed by atoms with Crippen LogP contribution in [-0.4, -0.2) is 33.3 Å². The molecule has 1 aromatic heterocycles. The van der Waals surface area contributed by atoms with Crippen LogP contribution >= 0.6 is 11.6 Å². The van der Waals surface area contributed by atoms with Crippen molar-refractivity contribution in [3.05, 3.63) is 52.8 Å². The summed E-state index contributed by atoms with van der Waals surface area (Å²) in [6.07, 6.45) is 3.05. The summed E-state index contributed by atoms with van der Waals surface area (Å²) in [6.45, 7) is 3.59. The maximum absolute atomic E-state index is 12.1. The number of halogens is 1. The van der Waals surface area contributed by atoms with Crippen LogP contribution in [0.4, 0.5) is 0 Å². The molecule has 1 aromatic carbocycles. The van der Waals surface area contributed by atoms with Gasteiger partial charge in [-0.3, -0.25) is 14.3 Å². The number of hydrogen-bond acceptors (Lipinski definition) is 3. The zero-order chi connectivity index (χ0) is 17.0. The molecule has 0 aliphatic heterocycles. The van der Waals surface area contributed by atoms with E-state index in [2.05, 4.69) is 10.4 Å². The molecule has 122 valence electrons. The largest absolute Gasteiger partial charge is 0.481 e. The first-order valence-electron chi connectivity index (χ1n) is 7.07. The van der Waals surface area contributed by atoms with Crippen LogP contribution in [-0.2, 0) is 11.3 Å². The van der Waals surface area contributed by atoms with Gasteiger partial charge in [0.2, 0.25) is 0 Å². The van der Waals surface area contributed by atoms with Gasteiger partial charge in [-0.25, -0.2) is 0 Å². The Morgan fingerprint density at radius 1 is 1.35 bits per heavy atom. The minimum Gasteiger partial charge on any atom is -0.481 e. The van der Waals surface area contributed by atoms with E-state index < -0.39 is 11.4 Å². The fraction of sp³-hybridized carbons (Fsp3) is 0.312. The quantitative estimate of drug-likeness (QED) is 0.849. The molecule has 0 spiro atoms. The van der Waals surface area contributed by atoms with Crippen molar-refractivity contribution in [2.45, 2.75) is 20.4 Å². The fourth-order valence-corrected chi connectivity index (χ4v) is 2.04. The van der Waals surface area contributed by atoms with Crippen molar-refractivity contribution in [2.75, 3.05) is 6.54 Å². The molecule has 0 bridgehead atoms. The van der Waals surface area contributed by atoms with E-state index in [0.29, 0.717) is 17.1 Å². The molecule has 0 fully saturated rings. The summed E-state index contributed by atoms with van der Waals surface area (Å²) in [6, 6.07) is 7.41. The Hall–Kier alpha value is -2.34. The molecule has 0 atom stereocenters. The van der Waals surface area contributed by atoms with Crippen molar-refractivity contribution >= 4 is 23.5 Å². The minimum absolute atomic E-state index is 0.0386. The number of carboxylic acids is 1. The molecule has 0 saturated heterocycles. The van der Waals surface area contributed by atoms with E-state index in [0.717, 1.165) is 5.56 Å². The molecule has 0 unspecified atom stereocenters. The van der Waals surface area contributed by atoms with Crippen LogP contribution in [0.15, 0.2) is 36.7 Å². The normalized spacial score (nSPS) is 11.3. The highest BCUT2D eigenvalue weighted by Crippen LogP contribution is 2.16. The lowest BCUT2D eigenvalue weighted by molar-refractivity contribution is -0.146. The van der Waals surface area contributed by atoms with Gasteiger partial charge in [-0.2, -0.15) is 5.10 Å². The summed E-state index contributed by atoms with van der Waals surface area (Å²) in [5.41, 5.74) is 0.248. The highest BCUT2D eigenvalue weighted by atomic mass is 35.5. The van der Waals surface area contributed by atoms with E-state index in [9.17, 15) is 9.59 Å². The molecule has 2 N–H and O–H groups in total. The second-order valence-corrected chi connectivity index (χ2v) is 6.30. The number of carbonyl (C=O) groups excluding carboxylic acids is 1. The molecule has 1 heterocycles. The highest BCUT2D eigenvalue weighted by molar-refractivity contribution is 6.31. The van der Waals surface area contributed by atoms with Crippen molar-refractivity contribution in [1.82, 2.24) is 15.1 Å². The molecular weight excluding hydrogens is 318 g/mol. The van der Waals surface area contributed by atoms with Crippen LogP contribution in [0.25, 0.3) is 0 Å². The number of rotatable bonds is 6. The van der Waals surface area contributed by atoms with Crippen molar-refractivity contribution in [1.29, 1.82) is 0 Å². The first-order chi connectivity index (χ1) is 10.8. The number of nitrogens with one attached hydrogen (secondary N) is 1. The standard InChI is InChI=1S/C16H18ClN3O3/c1-16(2,15(22)23)10-18-14(21)12-7-19-20(9-12)8-11-5-3-4-6-13(11)17/h3-7,9H,8,10H2,1-2H3,(H,18,21)(H,22,23). The Morgan fingerprint density at radius 3 is 2.70 bits per heavy atom. The van der Waals surface area contributed by atoms with E-state index >= 15 is 0 Å². The smallest absolute Gasteiger partial charge is 0.310 e. The van der Waals surface area contributed by atoms with E-state index in [4.69, 9.17) is 16.7 Å². The first kappa shape index (κ1) is 17.0. The molecule has 2 aromatic rings. The second kappa shape index (κ2) is 6.83. The average Bonchev–Trinajstić information content (AvgIpc) is 2.96. The molecule has 0 aliphatic rings. The third kappa shape index (κ3) is 4.32. The Bertz CT molecular complexity index is 725. The average molecular weight is 336 g/mol. The Labute approximate surface area is 139 Å². The Kier molecular flexibility index (Phi) is 5.05. The van der Waals surface area contributed by atoms with Crippen LogP contribution in [0.3, 0.4) is 0 Å². The molecule has 7 heteroatoms. The van der Waals surface area contributed by atoms with Gasteiger partial charge in [0.15, 0.2) is 0 Å². The third-order valence-electron chi connectivity index (χ3n) is 3.46. The Morgan fingerprint density at radius 2 is 2.04 bits per heavy atom. The summed E-state index contributed by atoms with van der Waals surface area (Å²) >= 11 is 6.10. The van der Waals surface area contributed by atoms with Crippen molar-refractivity contribution < 1.29 is 14.7 Å². The number of benzene rings is 1. The van der Waals surface area contributed by atoms with Gasteiger partial charge >= 0.3 is 5.97 Å². The second-order valence-electron chi connectivity index (χ2n) is 5.89. The number of hydrogen-bond donors (Lipinski definition) is 2. The number of aliphatic carboxylic acids is 1. The van der Waals surface area contributed by atoms with Crippen LogP contribution in [0.1, 0.15) is 29.8 Å². The number of aromatic nitrogens is 2. The summed E-state index contributed by atoms with van der Waals surface area (Å²) in [7, 11) is 0. The Balaban J connectivity index is 2.00. The molecule has 2 rings (SSSR count). The maximum atomic E-state index is 12.1. The molecule has 0 aliphatic carbocycles. The summed E-state index contributed by atoms with van der Waals surface area (Å²) in [5.74, 6) is -1.32. The van der Waals surface area contributed by atoms with Gasteiger partial charge < -0.3 is 10.4 Å². The molecule has 1 amide bonds. The zero-order valence-electron chi connectivity index (χ0n) is 12.9. The van der Waals surface area contributed by atoms with Crippen molar-refractivity contribution in [3.63, 3.8) is 0 Å². The molecular formula is C16H18ClN3O3. The lowest BCUT2D eigenvalue weighted by Crippen LogP contribution is -2.38. The van der Waals surface area contributed by atoms with E-state index in [1.807, 2.05) is 18.2 Å². The highest BCUT2D eigenvalue weighted by Gasteiger charge is 2.27. The van der Waals surface area contributed by atoms with E-state index in [1.54, 1.807) is 30.8 Å². The first-order valence-corrected chi connectivity index (χ1v) is 7.45. The SMILES string of the molecule is CC(C)(CNC(=O)c1cnn(Cc2ccccc2Cl)c1)C(=O)O. The van der Waals surface area contributed by atoms with Gasteiger partial charge in [-0.05, 0) is 25.5 Å². The lowest BCUT2D eigenvalue weighted by atomic mass is 9.94. The van der Waals surface area contributed by atoms with Crippen LogP contribution in [0.2, 0.25) is 5.02 Å². The van der Waals surface area contributed by atoms with Gasteiger partial charge in [-0.15, -0.1) is 0 Å². The summed E-state index contributed by atoms with van der Waals surface area (Å²) in [4.78, 5) is 23.1. The van der Waals surface area contributed by atoms with Gasteiger partial charge in [0.25, 0.3) is 5.91 Å².